The SMILES string of the molecule is CCCCCNc1nc(CC)c(-c2cc3c(cc2OC)C(F)=CCC3)nc1CC. The van der Waals surface area contributed by atoms with Crippen molar-refractivity contribution < 1.29 is 9.13 Å². The van der Waals surface area contributed by atoms with Crippen LogP contribution in [0.5, 0.6) is 5.75 Å². The molecule has 2 aromatic rings. The van der Waals surface area contributed by atoms with Crippen LogP contribution < -0.4 is 10.1 Å². The number of anilines is 1. The Bertz CT molecular complexity index is 892. The van der Waals surface area contributed by atoms with Gasteiger partial charge in [0.25, 0.3) is 0 Å². The Kier molecular flexibility index (Phi) is 7.24. The highest BCUT2D eigenvalue weighted by atomic mass is 19.1. The lowest BCUT2D eigenvalue weighted by atomic mass is 9.92. The van der Waals surface area contributed by atoms with Crippen LogP contribution in [0.15, 0.2) is 18.2 Å². The van der Waals surface area contributed by atoms with E-state index in [0.717, 1.165) is 72.7 Å². The number of aryl methyl sites for hydroxylation is 3. The van der Waals surface area contributed by atoms with E-state index >= 15 is 0 Å². The van der Waals surface area contributed by atoms with Crippen molar-refractivity contribution >= 4 is 11.6 Å². The van der Waals surface area contributed by atoms with Crippen LogP contribution in [0, 0.1) is 0 Å². The van der Waals surface area contributed by atoms with Crippen molar-refractivity contribution in [1.82, 2.24) is 9.97 Å². The fourth-order valence-corrected chi connectivity index (χ4v) is 3.81. The van der Waals surface area contributed by atoms with E-state index in [9.17, 15) is 4.39 Å². The molecule has 0 spiro atoms. The minimum atomic E-state index is -0.168. The summed E-state index contributed by atoms with van der Waals surface area (Å²) in [4.78, 5) is 9.92. The molecule has 0 amide bonds. The number of hydrogen-bond donors (Lipinski definition) is 1. The number of nitrogens with zero attached hydrogens (tertiary/aromatic N) is 2. The van der Waals surface area contributed by atoms with Crippen LogP contribution in [0.1, 0.15) is 69.0 Å². The number of hydrogen-bond acceptors (Lipinski definition) is 4. The molecule has 0 atom stereocenters. The lowest BCUT2D eigenvalue weighted by Gasteiger charge is -2.19. The smallest absolute Gasteiger partial charge is 0.148 e. The van der Waals surface area contributed by atoms with Gasteiger partial charge in [0.15, 0.2) is 0 Å². The molecule has 0 radical (unpaired) electrons. The normalized spacial score (nSPS) is 13.1. The van der Waals surface area contributed by atoms with Gasteiger partial charge in [0.1, 0.15) is 17.4 Å². The maximum atomic E-state index is 14.3. The Balaban J connectivity index is 2.05. The van der Waals surface area contributed by atoms with E-state index in [4.69, 9.17) is 14.7 Å². The van der Waals surface area contributed by atoms with Crippen LogP contribution in [0.4, 0.5) is 10.2 Å². The minimum absolute atomic E-state index is 0.168. The van der Waals surface area contributed by atoms with E-state index in [1.54, 1.807) is 19.3 Å². The van der Waals surface area contributed by atoms with Crippen molar-refractivity contribution in [2.75, 3.05) is 19.0 Å². The zero-order valence-corrected chi connectivity index (χ0v) is 18.1. The molecule has 0 unspecified atom stereocenters. The van der Waals surface area contributed by atoms with E-state index in [2.05, 4.69) is 26.1 Å². The van der Waals surface area contributed by atoms with E-state index in [1.165, 1.54) is 12.8 Å². The molecule has 4 nitrogen and oxygen atoms in total. The molecule has 0 aliphatic heterocycles. The van der Waals surface area contributed by atoms with Crippen molar-refractivity contribution in [3.63, 3.8) is 0 Å². The highest BCUT2D eigenvalue weighted by molar-refractivity contribution is 5.77. The predicted molar refractivity (Wildman–Crippen MR) is 118 cm³/mol. The molecule has 0 saturated heterocycles. The summed E-state index contributed by atoms with van der Waals surface area (Å²) in [5.74, 6) is 1.36. The number of benzene rings is 1. The number of methoxy groups -OCH3 is 1. The zero-order chi connectivity index (χ0) is 20.8. The molecule has 29 heavy (non-hydrogen) atoms. The number of unbranched alkanes of at least 4 members (excludes halogenated alkanes) is 2. The Labute approximate surface area is 173 Å². The maximum Gasteiger partial charge on any atom is 0.148 e. The maximum absolute atomic E-state index is 14.3. The zero-order valence-electron chi connectivity index (χ0n) is 18.1. The van der Waals surface area contributed by atoms with Gasteiger partial charge in [-0.05, 0) is 55.9 Å². The predicted octanol–water partition coefficient (Wildman–Crippen LogP) is 6.14. The highest BCUT2D eigenvalue weighted by Crippen LogP contribution is 2.39. The van der Waals surface area contributed by atoms with Gasteiger partial charge in [-0.1, -0.05) is 33.6 Å². The molecule has 5 heteroatoms. The summed E-state index contributed by atoms with van der Waals surface area (Å²) in [6.07, 6.45) is 8.29. The molecule has 1 aliphatic carbocycles. The molecule has 1 aromatic carbocycles. The van der Waals surface area contributed by atoms with E-state index < -0.39 is 0 Å². The first kappa shape index (κ1) is 21.3. The average Bonchev–Trinajstić information content (AvgIpc) is 2.75. The number of allylic oxidation sites excluding steroid dienone is 1. The number of rotatable bonds is 9. The molecule has 0 bridgehead atoms. The van der Waals surface area contributed by atoms with Gasteiger partial charge < -0.3 is 10.1 Å². The standard InChI is InChI=1S/C24H32FN3O/c1-5-8-9-13-26-24-21(7-3)27-23(20(6-2)28-24)18-14-16-11-10-12-19(25)17(16)15-22(18)29-4/h12,14-15H,5-11,13H2,1-4H3,(H,26,28). The largest absolute Gasteiger partial charge is 0.496 e. The van der Waals surface area contributed by atoms with Crippen molar-refractivity contribution in [3.05, 3.63) is 40.7 Å². The summed E-state index contributed by atoms with van der Waals surface area (Å²) in [5, 5.41) is 3.47. The fourth-order valence-electron chi connectivity index (χ4n) is 3.81. The highest BCUT2D eigenvalue weighted by Gasteiger charge is 2.21. The summed E-state index contributed by atoms with van der Waals surface area (Å²) < 4.78 is 19.9. The van der Waals surface area contributed by atoms with Crippen molar-refractivity contribution in [2.45, 2.75) is 65.7 Å². The van der Waals surface area contributed by atoms with Crippen LogP contribution in [0.25, 0.3) is 17.1 Å². The molecule has 1 aromatic heterocycles. The van der Waals surface area contributed by atoms with Crippen LogP contribution in [-0.4, -0.2) is 23.6 Å². The number of nitrogens with one attached hydrogen (secondary N) is 1. The molecule has 1 heterocycles. The monoisotopic (exact) mass is 397 g/mol. The van der Waals surface area contributed by atoms with Crippen LogP contribution in [-0.2, 0) is 19.3 Å². The van der Waals surface area contributed by atoms with Gasteiger partial charge in [-0.25, -0.2) is 14.4 Å². The Morgan fingerprint density at radius 1 is 1.03 bits per heavy atom. The Morgan fingerprint density at radius 2 is 1.83 bits per heavy atom. The van der Waals surface area contributed by atoms with Crippen LogP contribution in [0.3, 0.4) is 0 Å². The second kappa shape index (κ2) is 9.86. The molecule has 0 saturated carbocycles. The Morgan fingerprint density at radius 3 is 2.52 bits per heavy atom. The lowest BCUT2D eigenvalue weighted by molar-refractivity contribution is 0.415. The quantitative estimate of drug-likeness (QED) is 0.517. The molecule has 1 aliphatic rings. The van der Waals surface area contributed by atoms with Gasteiger partial charge in [0.2, 0.25) is 0 Å². The first-order valence-electron chi connectivity index (χ1n) is 10.8. The van der Waals surface area contributed by atoms with Gasteiger partial charge in [0, 0.05) is 17.7 Å². The fraction of sp³-hybridized carbons (Fsp3) is 0.500. The summed E-state index contributed by atoms with van der Waals surface area (Å²) >= 11 is 0. The molecule has 156 valence electrons. The van der Waals surface area contributed by atoms with Gasteiger partial charge in [-0.2, -0.15) is 0 Å². The van der Waals surface area contributed by atoms with Gasteiger partial charge in [-0.3, -0.25) is 0 Å². The number of aromatic nitrogens is 2. The van der Waals surface area contributed by atoms with E-state index in [-0.39, 0.29) is 5.83 Å². The molecular formula is C24H32FN3O. The number of fused-ring (bicyclic) bond motifs is 1. The third-order valence-corrected chi connectivity index (χ3v) is 5.46. The average molecular weight is 398 g/mol. The van der Waals surface area contributed by atoms with Gasteiger partial charge in [-0.15, -0.1) is 0 Å². The summed E-state index contributed by atoms with van der Waals surface area (Å²) in [6, 6.07) is 3.84. The van der Waals surface area contributed by atoms with Gasteiger partial charge in [0.05, 0.1) is 24.2 Å². The summed E-state index contributed by atoms with van der Waals surface area (Å²) in [7, 11) is 1.62. The summed E-state index contributed by atoms with van der Waals surface area (Å²) in [5.41, 5.74) is 5.28. The summed E-state index contributed by atoms with van der Waals surface area (Å²) in [6.45, 7) is 7.30. The molecule has 1 N–H and O–H groups in total. The van der Waals surface area contributed by atoms with E-state index in [1.807, 2.05) is 6.07 Å². The molecular weight excluding hydrogens is 365 g/mol. The Hall–Kier alpha value is -2.43. The minimum Gasteiger partial charge on any atom is -0.496 e. The van der Waals surface area contributed by atoms with Crippen molar-refractivity contribution in [3.8, 4) is 17.0 Å². The lowest BCUT2D eigenvalue weighted by Crippen LogP contribution is -2.11. The topological polar surface area (TPSA) is 47.0 Å². The third kappa shape index (κ3) is 4.60. The number of halogens is 1. The van der Waals surface area contributed by atoms with Crippen LogP contribution >= 0.6 is 0 Å². The first-order chi connectivity index (χ1) is 14.1. The number of ether oxygens (including phenoxy) is 1. The van der Waals surface area contributed by atoms with Crippen molar-refractivity contribution in [2.24, 2.45) is 0 Å². The van der Waals surface area contributed by atoms with Crippen LogP contribution in [0.2, 0.25) is 0 Å². The second-order valence-corrected chi connectivity index (χ2v) is 7.46. The van der Waals surface area contributed by atoms with Crippen molar-refractivity contribution in [1.29, 1.82) is 0 Å². The first-order valence-corrected chi connectivity index (χ1v) is 10.8. The third-order valence-electron chi connectivity index (χ3n) is 5.46. The molecule has 3 rings (SSSR count). The second-order valence-electron chi connectivity index (χ2n) is 7.46. The van der Waals surface area contributed by atoms with E-state index in [0.29, 0.717) is 11.3 Å². The van der Waals surface area contributed by atoms with Gasteiger partial charge >= 0.3 is 0 Å². The molecule has 0 fully saturated rings.